The minimum absolute atomic E-state index is 0.246. The Morgan fingerprint density at radius 3 is 2.13 bits per heavy atom. The van der Waals surface area contributed by atoms with E-state index in [1.165, 1.54) is 5.56 Å². The number of ether oxygens (including phenoxy) is 1. The van der Waals surface area contributed by atoms with Gasteiger partial charge in [0.15, 0.2) is 0 Å². The smallest absolute Gasteiger partial charge is 0.243 e. The zero-order valence-corrected chi connectivity index (χ0v) is 20.5. The van der Waals surface area contributed by atoms with Crippen LogP contribution in [0.4, 0.5) is 5.69 Å². The largest absolute Gasteiger partial charge is 0.356 e. The van der Waals surface area contributed by atoms with Crippen molar-refractivity contribution in [2.24, 2.45) is 0 Å². The van der Waals surface area contributed by atoms with Crippen molar-refractivity contribution in [1.29, 1.82) is 0 Å². The summed E-state index contributed by atoms with van der Waals surface area (Å²) in [4.78, 5) is 2.75. The maximum atomic E-state index is 13.6. The first-order valence-electron chi connectivity index (χ1n) is 10.8. The first-order chi connectivity index (χ1) is 14.6. The van der Waals surface area contributed by atoms with E-state index >= 15 is 0 Å². The lowest BCUT2D eigenvalue weighted by Gasteiger charge is -2.41. The summed E-state index contributed by atoms with van der Waals surface area (Å²) in [6.45, 7) is 12.1. The summed E-state index contributed by atoms with van der Waals surface area (Å²) in [5, 5.41) is 0.708. The van der Waals surface area contributed by atoms with Crippen LogP contribution in [0.5, 0.6) is 0 Å². The predicted octanol–water partition coefficient (Wildman–Crippen LogP) is 5.03. The van der Waals surface area contributed by atoms with E-state index in [0.29, 0.717) is 36.3 Å². The van der Waals surface area contributed by atoms with Gasteiger partial charge in [-0.05, 0) is 93.5 Å². The molecule has 0 radical (unpaired) electrons. The van der Waals surface area contributed by atoms with Gasteiger partial charge in [-0.1, -0.05) is 11.6 Å². The first kappa shape index (κ1) is 22.6. The van der Waals surface area contributed by atoms with Gasteiger partial charge in [-0.2, -0.15) is 4.31 Å². The third-order valence-electron chi connectivity index (χ3n) is 7.23. The highest BCUT2D eigenvalue weighted by Gasteiger charge is 2.35. The molecule has 0 atom stereocenters. The van der Waals surface area contributed by atoms with Crippen molar-refractivity contribution in [2.75, 3.05) is 24.7 Å². The molecule has 4 rings (SSSR count). The monoisotopic (exact) mass is 462 g/mol. The Bertz CT molecular complexity index is 1090. The van der Waals surface area contributed by atoms with Gasteiger partial charge in [0, 0.05) is 35.4 Å². The van der Waals surface area contributed by atoms with Crippen LogP contribution in [0.2, 0.25) is 5.02 Å². The van der Waals surface area contributed by atoms with Crippen molar-refractivity contribution < 1.29 is 13.2 Å². The number of sulfonamides is 1. The van der Waals surface area contributed by atoms with Crippen LogP contribution in [-0.2, 0) is 21.4 Å². The first-order valence-corrected chi connectivity index (χ1v) is 12.6. The second-order valence-corrected chi connectivity index (χ2v) is 11.1. The number of benzene rings is 2. The third kappa shape index (κ3) is 3.88. The highest BCUT2D eigenvalue weighted by molar-refractivity contribution is 7.89. The molecule has 0 aliphatic carbocycles. The van der Waals surface area contributed by atoms with E-state index in [0.717, 1.165) is 46.3 Å². The summed E-state index contributed by atoms with van der Waals surface area (Å²) >= 11 is 6.15. The van der Waals surface area contributed by atoms with E-state index in [4.69, 9.17) is 16.3 Å². The maximum Gasteiger partial charge on any atom is 0.243 e. The fourth-order valence-corrected chi connectivity index (χ4v) is 7.18. The van der Waals surface area contributed by atoms with Gasteiger partial charge < -0.3 is 9.64 Å². The minimum atomic E-state index is -3.54. The Kier molecular flexibility index (Phi) is 6.12. The van der Waals surface area contributed by atoms with E-state index in [-0.39, 0.29) is 6.04 Å². The van der Waals surface area contributed by atoms with Crippen LogP contribution in [-0.4, -0.2) is 38.6 Å². The van der Waals surface area contributed by atoms with Crippen molar-refractivity contribution in [2.45, 2.75) is 65.0 Å². The molecule has 2 aliphatic rings. The lowest BCUT2D eigenvalue weighted by atomic mass is 9.95. The van der Waals surface area contributed by atoms with Crippen molar-refractivity contribution >= 4 is 27.3 Å². The molecular weight excluding hydrogens is 432 g/mol. The molecule has 31 heavy (non-hydrogen) atoms. The molecule has 2 aliphatic heterocycles. The number of piperidine rings is 1. The van der Waals surface area contributed by atoms with Crippen molar-refractivity contribution in [3.63, 3.8) is 0 Å². The molecule has 0 amide bonds. The van der Waals surface area contributed by atoms with Crippen molar-refractivity contribution in [3.05, 3.63) is 56.6 Å². The summed E-state index contributed by atoms with van der Waals surface area (Å²) < 4.78 is 34.7. The zero-order chi connectivity index (χ0) is 22.5. The normalized spacial score (nSPS) is 18.3. The summed E-state index contributed by atoms with van der Waals surface area (Å²) in [7, 11) is -3.54. The molecule has 0 spiro atoms. The number of halogens is 1. The summed E-state index contributed by atoms with van der Waals surface area (Å²) in [6.07, 6.45) is 1.54. The van der Waals surface area contributed by atoms with Gasteiger partial charge in [-0.3, -0.25) is 0 Å². The Labute approximate surface area is 191 Å². The van der Waals surface area contributed by atoms with Crippen LogP contribution < -0.4 is 4.90 Å². The number of fused-ring (bicyclic) bond motifs is 1. The second-order valence-electron chi connectivity index (χ2n) is 8.81. The average molecular weight is 463 g/mol. The third-order valence-corrected chi connectivity index (χ3v) is 9.64. The number of hydrogen-bond donors (Lipinski definition) is 0. The van der Waals surface area contributed by atoms with Crippen LogP contribution in [0.1, 0.15) is 46.2 Å². The van der Waals surface area contributed by atoms with E-state index in [2.05, 4.69) is 11.8 Å². The molecule has 5 nitrogen and oxygen atoms in total. The number of anilines is 1. The summed E-state index contributed by atoms with van der Waals surface area (Å²) in [5.41, 5.74) is 7.29. The van der Waals surface area contributed by atoms with E-state index < -0.39 is 10.0 Å². The highest BCUT2D eigenvalue weighted by atomic mass is 35.5. The van der Waals surface area contributed by atoms with Crippen LogP contribution in [0.25, 0.3) is 0 Å². The van der Waals surface area contributed by atoms with Gasteiger partial charge >= 0.3 is 0 Å². The van der Waals surface area contributed by atoms with E-state index in [1.807, 2.05) is 45.9 Å². The minimum Gasteiger partial charge on any atom is -0.356 e. The average Bonchev–Trinajstić information content (AvgIpc) is 2.75. The van der Waals surface area contributed by atoms with Gasteiger partial charge in [0.05, 0.1) is 11.5 Å². The van der Waals surface area contributed by atoms with Crippen LogP contribution in [0, 0.1) is 34.6 Å². The Morgan fingerprint density at radius 1 is 0.935 bits per heavy atom. The molecule has 1 saturated heterocycles. The quantitative estimate of drug-likeness (QED) is 0.641. The number of rotatable bonds is 3. The molecule has 0 saturated carbocycles. The Balaban J connectivity index is 1.57. The van der Waals surface area contributed by atoms with E-state index in [9.17, 15) is 8.42 Å². The van der Waals surface area contributed by atoms with Gasteiger partial charge in [-0.25, -0.2) is 8.42 Å². The molecule has 7 heteroatoms. The second kappa shape index (κ2) is 8.39. The van der Waals surface area contributed by atoms with Gasteiger partial charge in [0.25, 0.3) is 0 Å². The topological polar surface area (TPSA) is 49.9 Å². The van der Waals surface area contributed by atoms with Gasteiger partial charge in [0.2, 0.25) is 10.0 Å². The maximum absolute atomic E-state index is 13.6. The highest BCUT2D eigenvalue weighted by Crippen LogP contribution is 2.35. The Hall–Kier alpha value is -1.60. The van der Waals surface area contributed by atoms with Crippen LogP contribution in [0.15, 0.2) is 23.1 Å². The molecule has 2 aromatic carbocycles. The fraction of sp³-hybridized carbons (Fsp3) is 0.500. The summed E-state index contributed by atoms with van der Waals surface area (Å²) in [6, 6.07) is 6.16. The molecular formula is C24H31ClN2O3S. The standard InChI is InChI=1S/C24H31ClN2O3S/c1-15-16(2)18(4)24(19(5)17(15)3)31(28,29)26-10-8-22(9-11-26)27-14-30-13-20-12-21(25)6-7-23(20)27/h6-7,12,22H,8-11,13-14H2,1-5H3. The Morgan fingerprint density at radius 2 is 1.52 bits per heavy atom. The summed E-state index contributed by atoms with van der Waals surface area (Å²) in [5.74, 6) is 0. The fourth-order valence-electron chi connectivity index (χ4n) is 4.95. The van der Waals surface area contributed by atoms with Crippen LogP contribution in [0.3, 0.4) is 0 Å². The molecule has 0 bridgehead atoms. The number of hydrogen-bond acceptors (Lipinski definition) is 4. The molecule has 1 fully saturated rings. The predicted molar refractivity (Wildman–Crippen MR) is 125 cm³/mol. The van der Waals surface area contributed by atoms with Gasteiger partial charge in [-0.15, -0.1) is 0 Å². The van der Waals surface area contributed by atoms with Crippen LogP contribution >= 0.6 is 11.6 Å². The zero-order valence-electron chi connectivity index (χ0n) is 19.0. The molecule has 2 aromatic rings. The number of nitrogens with zero attached hydrogens (tertiary/aromatic N) is 2. The molecule has 0 unspecified atom stereocenters. The van der Waals surface area contributed by atoms with Crippen molar-refractivity contribution in [3.8, 4) is 0 Å². The van der Waals surface area contributed by atoms with Crippen molar-refractivity contribution in [1.82, 2.24) is 4.31 Å². The molecule has 0 N–H and O–H groups in total. The molecule has 2 heterocycles. The van der Waals surface area contributed by atoms with E-state index in [1.54, 1.807) is 4.31 Å². The lowest BCUT2D eigenvalue weighted by Crippen LogP contribution is -2.48. The van der Waals surface area contributed by atoms with Gasteiger partial charge in [0.1, 0.15) is 6.73 Å². The molecule has 0 aromatic heterocycles. The lowest BCUT2D eigenvalue weighted by molar-refractivity contribution is 0.0988. The molecule has 168 valence electrons. The SMILES string of the molecule is Cc1c(C)c(C)c(S(=O)(=O)N2CCC(N3COCc4cc(Cl)ccc43)CC2)c(C)c1C.